The molecule has 4 rings (SSSR count). The van der Waals surface area contributed by atoms with Gasteiger partial charge in [-0.2, -0.15) is 0 Å². The second-order valence-corrected chi connectivity index (χ2v) is 9.60. The fourth-order valence-electron chi connectivity index (χ4n) is 5.00. The molecule has 1 aromatic heterocycles. The molecule has 1 heterocycles. The fraction of sp³-hybridized carbons (Fsp3) is 0.407. The summed E-state index contributed by atoms with van der Waals surface area (Å²) in [5.74, 6) is -1.66. The number of fused-ring (bicyclic) bond motifs is 1. The first-order valence-corrected chi connectivity index (χ1v) is 12.6. The number of carbonyl (C=O) groups excluding carboxylic acids is 2. The highest BCUT2D eigenvalue weighted by molar-refractivity contribution is 5.94. The van der Waals surface area contributed by atoms with E-state index in [1.807, 2.05) is 36.4 Å². The Kier molecular flexibility index (Phi) is 8.16. The number of ether oxygens (including phenoxy) is 1. The number of hydrogen-bond acceptors (Lipinski definition) is 6. The van der Waals surface area contributed by atoms with Crippen molar-refractivity contribution in [1.82, 2.24) is 15.2 Å². The molecule has 0 bridgehead atoms. The zero-order chi connectivity index (χ0) is 27.3. The van der Waals surface area contributed by atoms with E-state index in [0.717, 1.165) is 16.7 Å². The number of methoxy groups -OCH3 is 1. The Balaban J connectivity index is 1.49. The van der Waals surface area contributed by atoms with Crippen LogP contribution in [0, 0.1) is 0 Å². The topological polar surface area (TPSA) is 166 Å². The molecule has 11 nitrogen and oxygen atoms in total. The van der Waals surface area contributed by atoms with Gasteiger partial charge in [0.1, 0.15) is 11.6 Å². The summed E-state index contributed by atoms with van der Waals surface area (Å²) in [6.45, 7) is 1.01. The van der Waals surface area contributed by atoms with Gasteiger partial charge in [0, 0.05) is 26.7 Å². The van der Waals surface area contributed by atoms with E-state index in [4.69, 9.17) is 14.9 Å². The van der Waals surface area contributed by atoms with E-state index >= 15 is 0 Å². The van der Waals surface area contributed by atoms with Crippen LogP contribution in [-0.4, -0.2) is 52.9 Å². The van der Waals surface area contributed by atoms with Gasteiger partial charge in [0.15, 0.2) is 5.58 Å². The van der Waals surface area contributed by atoms with E-state index in [2.05, 4.69) is 10.6 Å². The number of primary amides is 1. The maximum absolute atomic E-state index is 13.0. The van der Waals surface area contributed by atoms with Crippen molar-refractivity contribution in [2.75, 3.05) is 13.7 Å². The Morgan fingerprint density at radius 3 is 2.45 bits per heavy atom. The molecule has 5 N–H and O–H groups in total. The minimum absolute atomic E-state index is 0.157. The van der Waals surface area contributed by atoms with Gasteiger partial charge in [-0.05, 0) is 48.1 Å². The van der Waals surface area contributed by atoms with E-state index < -0.39 is 35.2 Å². The first-order chi connectivity index (χ1) is 18.2. The number of benzene rings is 2. The van der Waals surface area contributed by atoms with Crippen molar-refractivity contribution in [3.05, 3.63) is 58.6 Å². The number of amides is 3. The van der Waals surface area contributed by atoms with Crippen LogP contribution >= 0.6 is 0 Å². The summed E-state index contributed by atoms with van der Waals surface area (Å²) in [5, 5.41) is 14.2. The molecule has 3 amide bonds. The number of nitrogens with zero attached hydrogens (tertiary/aromatic N) is 1. The molecule has 1 aliphatic rings. The van der Waals surface area contributed by atoms with Gasteiger partial charge in [0.05, 0.1) is 5.52 Å². The maximum atomic E-state index is 13.0. The Labute approximate surface area is 218 Å². The lowest BCUT2D eigenvalue weighted by molar-refractivity contribution is -0.131. The number of oxazole rings is 1. The third kappa shape index (κ3) is 5.88. The molecule has 202 valence electrons. The third-order valence-electron chi connectivity index (χ3n) is 7.01. The highest BCUT2D eigenvalue weighted by Gasteiger charge is 2.43. The average Bonchev–Trinajstić information content (AvgIpc) is 3.48. The fourth-order valence-corrected chi connectivity index (χ4v) is 5.00. The van der Waals surface area contributed by atoms with Crippen molar-refractivity contribution in [2.45, 2.75) is 56.7 Å². The van der Waals surface area contributed by atoms with Crippen LogP contribution < -0.4 is 22.1 Å². The molecular weight excluding hydrogens is 492 g/mol. The Morgan fingerprint density at radius 2 is 1.82 bits per heavy atom. The molecule has 38 heavy (non-hydrogen) atoms. The lowest BCUT2D eigenvalue weighted by atomic mass is 9.95. The summed E-state index contributed by atoms with van der Waals surface area (Å²) < 4.78 is 12.0. The van der Waals surface area contributed by atoms with E-state index in [-0.39, 0.29) is 6.42 Å². The van der Waals surface area contributed by atoms with Crippen LogP contribution in [-0.2, 0) is 27.3 Å². The van der Waals surface area contributed by atoms with Gasteiger partial charge in [0.25, 0.3) is 0 Å². The van der Waals surface area contributed by atoms with Crippen LogP contribution in [0.3, 0.4) is 0 Å². The second kappa shape index (κ2) is 11.5. The van der Waals surface area contributed by atoms with Gasteiger partial charge < -0.3 is 30.6 Å². The number of rotatable bonds is 11. The first kappa shape index (κ1) is 26.9. The minimum atomic E-state index is -1.28. The third-order valence-corrected chi connectivity index (χ3v) is 7.01. The molecule has 11 heteroatoms. The monoisotopic (exact) mass is 524 g/mol. The highest BCUT2D eigenvalue weighted by Crippen LogP contribution is 2.30. The Hall–Kier alpha value is -4.12. The summed E-state index contributed by atoms with van der Waals surface area (Å²) in [5.41, 5.74) is 8.07. The van der Waals surface area contributed by atoms with E-state index in [0.29, 0.717) is 56.4 Å². The van der Waals surface area contributed by atoms with Crippen LogP contribution in [0.4, 0.5) is 4.79 Å². The normalized spacial score (nSPS) is 15.3. The largest absolute Gasteiger partial charge is 0.465 e. The molecule has 1 unspecified atom stereocenters. The SMILES string of the molecule is COCCCn1c(=O)oc2ccc(-c3ccc(CC(NC(=O)C4(NC(=O)O)CCCC4)C(N)=O)cc3)cc21. The second-order valence-electron chi connectivity index (χ2n) is 9.60. The Bertz CT molecular complexity index is 1370. The molecule has 1 fully saturated rings. The van der Waals surface area contributed by atoms with Crippen molar-refractivity contribution >= 4 is 29.0 Å². The molecule has 0 aliphatic heterocycles. The van der Waals surface area contributed by atoms with Crippen LogP contribution in [0.2, 0.25) is 0 Å². The number of aromatic nitrogens is 1. The predicted molar refractivity (Wildman–Crippen MR) is 140 cm³/mol. The maximum Gasteiger partial charge on any atom is 0.419 e. The zero-order valence-electron chi connectivity index (χ0n) is 21.2. The summed E-state index contributed by atoms with van der Waals surface area (Å²) in [6, 6.07) is 12.0. The number of hydrogen-bond donors (Lipinski definition) is 4. The van der Waals surface area contributed by atoms with Crippen LogP contribution in [0.25, 0.3) is 22.2 Å². The van der Waals surface area contributed by atoms with Crippen molar-refractivity contribution in [3.63, 3.8) is 0 Å². The molecule has 3 aromatic rings. The van der Waals surface area contributed by atoms with E-state index in [1.165, 1.54) is 0 Å². The van der Waals surface area contributed by atoms with Crippen LogP contribution in [0.15, 0.2) is 51.7 Å². The van der Waals surface area contributed by atoms with Crippen LogP contribution in [0.5, 0.6) is 0 Å². The van der Waals surface area contributed by atoms with Gasteiger partial charge in [-0.1, -0.05) is 43.2 Å². The highest BCUT2D eigenvalue weighted by atomic mass is 16.5. The zero-order valence-corrected chi connectivity index (χ0v) is 21.2. The summed E-state index contributed by atoms with van der Waals surface area (Å²) in [4.78, 5) is 48.7. The molecule has 0 radical (unpaired) electrons. The average molecular weight is 525 g/mol. The minimum Gasteiger partial charge on any atom is -0.465 e. The quantitative estimate of drug-likeness (QED) is 0.280. The lowest BCUT2D eigenvalue weighted by Crippen LogP contribution is -2.60. The molecule has 1 saturated carbocycles. The lowest BCUT2D eigenvalue weighted by Gasteiger charge is -2.29. The number of nitrogens with two attached hydrogens (primary N) is 1. The van der Waals surface area contributed by atoms with Crippen molar-refractivity contribution in [3.8, 4) is 11.1 Å². The number of nitrogens with one attached hydrogen (secondary N) is 2. The molecule has 1 atom stereocenters. The van der Waals surface area contributed by atoms with Gasteiger partial charge in [0.2, 0.25) is 11.8 Å². The van der Waals surface area contributed by atoms with Crippen molar-refractivity contribution in [2.24, 2.45) is 5.73 Å². The number of aryl methyl sites for hydroxylation is 1. The van der Waals surface area contributed by atoms with E-state index in [9.17, 15) is 24.3 Å². The van der Waals surface area contributed by atoms with Crippen molar-refractivity contribution in [1.29, 1.82) is 0 Å². The van der Waals surface area contributed by atoms with Gasteiger partial charge in [-0.25, -0.2) is 9.59 Å². The van der Waals surface area contributed by atoms with Gasteiger partial charge in [-0.3, -0.25) is 14.2 Å². The smallest absolute Gasteiger partial charge is 0.419 e. The predicted octanol–water partition coefficient (Wildman–Crippen LogP) is 2.39. The van der Waals surface area contributed by atoms with Crippen molar-refractivity contribution < 1.29 is 28.6 Å². The van der Waals surface area contributed by atoms with Gasteiger partial charge >= 0.3 is 11.8 Å². The molecule has 0 saturated heterocycles. The number of carbonyl (C=O) groups is 3. The molecule has 1 aliphatic carbocycles. The summed E-state index contributed by atoms with van der Waals surface area (Å²) >= 11 is 0. The molecule has 0 spiro atoms. The Morgan fingerprint density at radius 1 is 1.13 bits per heavy atom. The summed E-state index contributed by atoms with van der Waals surface area (Å²) in [6.07, 6.45) is 1.71. The van der Waals surface area contributed by atoms with Crippen LogP contribution in [0.1, 0.15) is 37.7 Å². The van der Waals surface area contributed by atoms with Gasteiger partial charge in [-0.15, -0.1) is 0 Å². The van der Waals surface area contributed by atoms with E-state index in [1.54, 1.807) is 17.7 Å². The molecular formula is C27H32N4O7. The molecule has 2 aromatic carbocycles. The standard InChI is InChI=1S/C27H32N4O7/c1-37-14-4-13-31-21-16-19(9-10-22(21)38-26(31)36)18-7-5-17(6-8-18)15-20(23(28)32)29-24(33)27(30-25(34)35)11-2-3-12-27/h5-10,16,20,30H,2-4,11-15H2,1H3,(H2,28,32)(H,29,33)(H,34,35). The summed E-state index contributed by atoms with van der Waals surface area (Å²) in [7, 11) is 1.61. The number of carboxylic acid groups (broad SMARTS) is 1. The first-order valence-electron chi connectivity index (χ1n) is 12.6.